The number of aromatic nitrogens is 1. The number of pyridine rings is 1. The molecule has 0 spiro atoms. The maximum absolute atomic E-state index is 12.2. The van der Waals surface area contributed by atoms with E-state index in [1.165, 1.54) is 12.0 Å². The zero-order valence-electron chi connectivity index (χ0n) is 10.2. The molecule has 1 aromatic rings. The first kappa shape index (κ1) is 13.0. The monoisotopic (exact) mass is 233 g/mol. The topological polar surface area (TPSA) is 66.2 Å². The van der Waals surface area contributed by atoms with Crippen molar-refractivity contribution in [1.29, 1.82) is 5.26 Å². The molecule has 0 bridgehead atoms. The lowest BCUT2D eigenvalue weighted by molar-refractivity contribution is 0.0727. The van der Waals surface area contributed by atoms with E-state index in [9.17, 15) is 4.79 Å². The predicted molar refractivity (Wildman–Crippen MR) is 62.6 cm³/mol. The minimum Gasteiger partial charge on any atom is -0.480 e. The highest BCUT2D eigenvalue weighted by Crippen LogP contribution is 2.17. The molecule has 0 aliphatic carbocycles. The van der Waals surface area contributed by atoms with Gasteiger partial charge in [-0.25, -0.2) is 4.98 Å². The Morgan fingerprint density at radius 1 is 1.65 bits per heavy atom. The molecule has 0 unspecified atom stereocenters. The van der Waals surface area contributed by atoms with Gasteiger partial charge in [0.2, 0.25) is 5.88 Å². The number of hydrogen-bond donors (Lipinski definition) is 0. The fourth-order valence-electron chi connectivity index (χ4n) is 1.44. The molecule has 0 saturated carbocycles. The van der Waals surface area contributed by atoms with Gasteiger partial charge in [-0.05, 0) is 26.0 Å². The Balaban J connectivity index is 3.06. The Morgan fingerprint density at radius 3 is 2.88 bits per heavy atom. The molecule has 0 radical (unpaired) electrons. The number of rotatable bonds is 4. The maximum atomic E-state index is 12.2. The van der Waals surface area contributed by atoms with Gasteiger partial charge in [0.25, 0.3) is 5.91 Å². The van der Waals surface area contributed by atoms with Crippen LogP contribution in [-0.4, -0.2) is 35.5 Å². The van der Waals surface area contributed by atoms with Crippen LogP contribution in [0, 0.1) is 11.3 Å². The molecule has 1 heterocycles. The van der Waals surface area contributed by atoms with Gasteiger partial charge in [-0.1, -0.05) is 0 Å². The third-order valence-corrected chi connectivity index (χ3v) is 2.32. The molecule has 5 nitrogen and oxygen atoms in total. The highest BCUT2D eigenvalue weighted by atomic mass is 16.5. The summed E-state index contributed by atoms with van der Waals surface area (Å²) in [4.78, 5) is 17.7. The average molecular weight is 233 g/mol. The molecule has 1 amide bonds. The quantitative estimate of drug-likeness (QED) is 0.738. The summed E-state index contributed by atoms with van der Waals surface area (Å²) in [6.45, 7) is 3.77. The van der Waals surface area contributed by atoms with Gasteiger partial charge in [0.1, 0.15) is 12.1 Å². The molecular weight excluding hydrogens is 218 g/mol. The van der Waals surface area contributed by atoms with Crippen molar-refractivity contribution in [1.82, 2.24) is 9.88 Å². The normalized spacial score (nSPS) is 9.82. The van der Waals surface area contributed by atoms with Crippen LogP contribution in [0.4, 0.5) is 0 Å². The molecule has 0 fully saturated rings. The first-order chi connectivity index (χ1) is 8.11. The van der Waals surface area contributed by atoms with E-state index in [1.807, 2.05) is 19.9 Å². The largest absolute Gasteiger partial charge is 0.480 e. The standard InChI is InChI=1S/C12H15N3O2/c1-9(2)15(8-6-13)12(16)10-5-4-7-14-11(10)17-3/h4-5,7,9H,8H2,1-3H3. The van der Waals surface area contributed by atoms with Crippen LogP contribution in [0.5, 0.6) is 5.88 Å². The number of nitrogens with zero attached hydrogens (tertiary/aromatic N) is 3. The summed E-state index contributed by atoms with van der Waals surface area (Å²) in [5.74, 6) is 0.0348. The van der Waals surface area contributed by atoms with Crippen LogP contribution in [0.1, 0.15) is 24.2 Å². The lowest BCUT2D eigenvalue weighted by atomic mass is 10.2. The number of nitriles is 1. The van der Waals surface area contributed by atoms with Gasteiger partial charge in [-0.2, -0.15) is 5.26 Å². The van der Waals surface area contributed by atoms with E-state index in [1.54, 1.807) is 18.3 Å². The van der Waals surface area contributed by atoms with E-state index in [2.05, 4.69) is 4.98 Å². The van der Waals surface area contributed by atoms with Crippen LogP contribution < -0.4 is 4.74 Å². The van der Waals surface area contributed by atoms with Gasteiger partial charge in [0.05, 0.1) is 13.2 Å². The van der Waals surface area contributed by atoms with E-state index in [0.29, 0.717) is 5.56 Å². The Kier molecular flexibility index (Phi) is 4.46. The fraction of sp³-hybridized carbons (Fsp3) is 0.417. The summed E-state index contributed by atoms with van der Waals surface area (Å²) in [7, 11) is 1.46. The molecule has 17 heavy (non-hydrogen) atoms. The highest BCUT2D eigenvalue weighted by Gasteiger charge is 2.21. The van der Waals surface area contributed by atoms with E-state index < -0.39 is 0 Å². The number of amides is 1. The van der Waals surface area contributed by atoms with E-state index in [-0.39, 0.29) is 24.4 Å². The van der Waals surface area contributed by atoms with Gasteiger partial charge in [-0.15, -0.1) is 0 Å². The number of hydrogen-bond acceptors (Lipinski definition) is 4. The molecule has 0 aliphatic heterocycles. The van der Waals surface area contributed by atoms with Gasteiger partial charge < -0.3 is 9.64 Å². The molecule has 90 valence electrons. The number of carbonyl (C=O) groups excluding carboxylic acids is 1. The second-order valence-corrected chi connectivity index (χ2v) is 3.75. The van der Waals surface area contributed by atoms with Crippen molar-refractivity contribution in [3.63, 3.8) is 0 Å². The van der Waals surface area contributed by atoms with Crippen molar-refractivity contribution in [2.45, 2.75) is 19.9 Å². The minimum atomic E-state index is -0.244. The van der Waals surface area contributed by atoms with Gasteiger partial charge in [0.15, 0.2) is 0 Å². The van der Waals surface area contributed by atoms with E-state index in [4.69, 9.17) is 10.00 Å². The smallest absolute Gasteiger partial charge is 0.260 e. The fourth-order valence-corrected chi connectivity index (χ4v) is 1.44. The second kappa shape index (κ2) is 5.85. The van der Waals surface area contributed by atoms with Crippen molar-refractivity contribution >= 4 is 5.91 Å². The maximum Gasteiger partial charge on any atom is 0.260 e. The molecule has 0 N–H and O–H groups in total. The molecular formula is C12H15N3O2. The number of methoxy groups -OCH3 is 1. The van der Waals surface area contributed by atoms with Crippen LogP contribution in [0.2, 0.25) is 0 Å². The van der Waals surface area contributed by atoms with Gasteiger partial charge in [-0.3, -0.25) is 4.79 Å². The third-order valence-electron chi connectivity index (χ3n) is 2.32. The first-order valence-electron chi connectivity index (χ1n) is 5.28. The Hall–Kier alpha value is -2.09. The van der Waals surface area contributed by atoms with Crippen LogP contribution in [0.3, 0.4) is 0 Å². The van der Waals surface area contributed by atoms with Crippen LogP contribution in [0.25, 0.3) is 0 Å². The lowest BCUT2D eigenvalue weighted by Gasteiger charge is -2.24. The van der Waals surface area contributed by atoms with Crippen molar-refractivity contribution < 1.29 is 9.53 Å². The molecule has 5 heteroatoms. The summed E-state index contributed by atoms with van der Waals surface area (Å²) in [6.07, 6.45) is 1.56. The molecule has 0 saturated heterocycles. The Bertz CT molecular complexity index is 438. The van der Waals surface area contributed by atoms with Crippen LogP contribution in [0.15, 0.2) is 18.3 Å². The van der Waals surface area contributed by atoms with Gasteiger partial charge >= 0.3 is 0 Å². The van der Waals surface area contributed by atoms with Gasteiger partial charge in [0, 0.05) is 12.2 Å². The summed E-state index contributed by atoms with van der Waals surface area (Å²) in [5, 5.41) is 8.72. The minimum absolute atomic E-state index is 0.0490. The molecule has 1 rings (SSSR count). The lowest BCUT2D eigenvalue weighted by Crippen LogP contribution is -2.37. The molecule has 1 aromatic heterocycles. The number of carbonyl (C=O) groups is 1. The van der Waals surface area contributed by atoms with Crippen molar-refractivity contribution in [3.05, 3.63) is 23.9 Å². The zero-order valence-corrected chi connectivity index (χ0v) is 10.2. The summed E-state index contributed by atoms with van der Waals surface area (Å²) in [6, 6.07) is 5.24. The first-order valence-corrected chi connectivity index (χ1v) is 5.28. The second-order valence-electron chi connectivity index (χ2n) is 3.75. The zero-order chi connectivity index (χ0) is 12.8. The number of ether oxygens (including phenoxy) is 1. The summed E-state index contributed by atoms with van der Waals surface area (Å²) >= 11 is 0. The molecule has 0 aliphatic rings. The average Bonchev–Trinajstić information content (AvgIpc) is 2.34. The van der Waals surface area contributed by atoms with E-state index in [0.717, 1.165) is 0 Å². The predicted octanol–water partition coefficient (Wildman–Crippen LogP) is 1.46. The molecule has 0 atom stereocenters. The highest BCUT2D eigenvalue weighted by molar-refractivity contribution is 5.96. The summed E-state index contributed by atoms with van der Waals surface area (Å²) in [5.41, 5.74) is 0.374. The molecule has 0 aromatic carbocycles. The Labute approximate surface area is 101 Å². The van der Waals surface area contributed by atoms with Crippen molar-refractivity contribution in [2.24, 2.45) is 0 Å². The van der Waals surface area contributed by atoms with Crippen LogP contribution >= 0.6 is 0 Å². The SMILES string of the molecule is COc1ncccc1C(=O)N(CC#N)C(C)C. The van der Waals surface area contributed by atoms with E-state index >= 15 is 0 Å². The Morgan fingerprint density at radius 2 is 2.35 bits per heavy atom. The summed E-state index contributed by atoms with van der Waals surface area (Å²) < 4.78 is 5.03. The third kappa shape index (κ3) is 2.94. The van der Waals surface area contributed by atoms with Crippen molar-refractivity contribution in [3.8, 4) is 11.9 Å². The van der Waals surface area contributed by atoms with Crippen LogP contribution in [-0.2, 0) is 0 Å². The van der Waals surface area contributed by atoms with Crippen molar-refractivity contribution in [2.75, 3.05) is 13.7 Å².